The largest absolute Gasteiger partial charge is 0.489 e. The van der Waals surface area contributed by atoms with Crippen molar-refractivity contribution in [2.45, 2.75) is 25.1 Å². The molecule has 0 N–H and O–H groups in total. The summed E-state index contributed by atoms with van der Waals surface area (Å²) in [5.41, 5.74) is -0.647. The van der Waals surface area contributed by atoms with Crippen molar-refractivity contribution < 1.29 is 17.9 Å². The summed E-state index contributed by atoms with van der Waals surface area (Å²) < 4.78 is 43.7. The number of fused-ring (bicyclic) bond motifs is 3. The van der Waals surface area contributed by atoms with Gasteiger partial charge in [0.2, 0.25) is 0 Å². The van der Waals surface area contributed by atoms with E-state index in [-0.39, 0.29) is 6.10 Å². The molecule has 1 aromatic rings. The Morgan fingerprint density at radius 1 is 1.16 bits per heavy atom. The molecule has 0 radical (unpaired) electrons. The first kappa shape index (κ1) is 12.8. The summed E-state index contributed by atoms with van der Waals surface area (Å²) in [4.78, 5) is 2.32. The zero-order valence-corrected chi connectivity index (χ0v) is 10.5. The predicted octanol–water partition coefficient (Wildman–Crippen LogP) is 3.18. The number of ether oxygens (including phenoxy) is 1. The number of hydrogen-bond donors (Lipinski definition) is 0. The van der Waals surface area contributed by atoms with Crippen LogP contribution in [-0.4, -0.2) is 30.6 Å². The number of halogens is 3. The monoisotopic (exact) mass is 271 g/mol. The Balaban J connectivity index is 1.73. The lowest BCUT2D eigenvalue weighted by Crippen LogP contribution is -2.52. The molecular weight excluding hydrogens is 255 g/mol. The maximum absolute atomic E-state index is 12.6. The number of nitrogens with zero attached hydrogens (tertiary/aromatic N) is 1. The summed E-state index contributed by atoms with van der Waals surface area (Å²) in [6, 6.07) is 5.17. The Morgan fingerprint density at radius 2 is 1.89 bits per heavy atom. The molecule has 5 heteroatoms. The van der Waals surface area contributed by atoms with E-state index < -0.39 is 11.7 Å². The van der Waals surface area contributed by atoms with E-state index in [1.54, 1.807) is 6.07 Å². The van der Waals surface area contributed by atoms with Gasteiger partial charge in [-0.3, -0.25) is 4.90 Å². The predicted molar refractivity (Wildman–Crippen MR) is 65.0 cm³/mol. The fraction of sp³-hybridized carbons (Fsp3) is 0.571. The van der Waals surface area contributed by atoms with Crippen molar-refractivity contribution >= 4 is 0 Å². The Bertz CT molecular complexity index is 452. The highest BCUT2D eigenvalue weighted by molar-refractivity contribution is 5.30. The first-order valence-electron chi connectivity index (χ1n) is 6.58. The van der Waals surface area contributed by atoms with Crippen LogP contribution in [0.4, 0.5) is 13.2 Å². The van der Waals surface area contributed by atoms with Gasteiger partial charge in [-0.25, -0.2) is 0 Å². The van der Waals surface area contributed by atoms with E-state index in [9.17, 15) is 13.2 Å². The fourth-order valence-corrected chi connectivity index (χ4v) is 2.96. The van der Waals surface area contributed by atoms with Crippen molar-refractivity contribution in [2.24, 2.45) is 5.92 Å². The van der Waals surface area contributed by atoms with Crippen LogP contribution in [0, 0.1) is 5.92 Å². The van der Waals surface area contributed by atoms with Gasteiger partial charge in [-0.1, -0.05) is 6.07 Å². The molecule has 3 aliphatic heterocycles. The van der Waals surface area contributed by atoms with Gasteiger partial charge in [-0.2, -0.15) is 13.2 Å². The average molecular weight is 271 g/mol. The Labute approximate surface area is 110 Å². The minimum absolute atomic E-state index is 0.0333. The van der Waals surface area contributed by atoms with Gasteiger partial charge in [0.05, 0.1) is 5.56 Å². The van der Waals surface area contributed by atoms with Crippen LogP contribution in [0.2, 0.25) is 0 Å². The summed E-state index contributed by atoms with van der Waals surface area (Å²) in [5, 5.41) is 0. The van der Waals surface area contributed by atoms with Crippen LogP contribution in [0.15, 0.2) is 24.3 Å². The molecule has 104 valence electrons. The molecule has 2 bridgehead atoms. The summed E-state index contributed by atoms with van der Waals surface area (Å²) in [6.45, 7) is 3.02. The van der Waals surface area contributed by atoms with E-state index in [0.717, 1.165) is 44.6 Å². The molecule has 0 amide bonds. The molecule has 2 nitrogen and oxygen atoms in total. The zero-order valence-electron chi connectivity index (χ0n) is 10.5. The maximum Gasteiger partial charge on any atom is 0.416 e. The smallest absolute Gasteiger partial charge is 0.416 e. The summed E-state index contributed by atoms with van der Waals surface area (Å²) >= 11 is 0. The summed E-state index contributed by atoms with van der Waals surface area (Å²) in [7, 11) is 0. The van der Waals surface area contributed by atoms with Gasteiger partial charge < -0.3 is 4.74 Å². The van der Waals surface area contributed by atoms with Crippen LogP contribution in [0.25, 0.3) is 0 Å². The van der Waals surface area contributed by atoms with Gasteiger partial charge in [0.15, 0.2) is 0 Å². The van der Waals surface area contributed by atoms with Crippen molar-refractivity contribution in [3.05, 3.63) is 29.8 Å². The second kappa shape index (κ2) is 4.71. The molecule has 19 heavy (non-hydrogen) atoms. The van der Waals surface area contributed by atoms with Gasteiger partial charge in [-0.15, -0.1) is 0 Å². The molecule has 3 fully saturated rings. The first-order chi connectivity index (χ1) is 9.02. The molecule has 3 saturated heterocycles. The van der Waals surface area contributed by atoms with Crippen molar-refractivity contribution in [2.75, 3.05) is 19.6 Å². The quantitative estimate of drug-likeness (QED) is 0.819. The van der Waals surface area contributed by atoms with Crippen molar-refractivity contribution in [3.63, 3.8) is 0 Å². The van der Waals surface area contributed by atoms with E-state index in [4.69, 9.17) is 4.74 Å². The molecule has 4 rings (SSSR count). The minimum Gasteiger partial charge on any atom is -0.489 e. The highest BCUT2D eigenvalue weighted by Crippen LogP contribution is 2.34. The molecule has 3 heterocycles. The van der Waals surface area contributed by atoms with Gasteiger partial charge >= 0.3 is 6.18 Å². The fourth-order valence-electron chi connectivity index (χ4n) is 2.96. The van der Waals surface area contributed by atoms with E-state index in [1.807, 2.05) is 0 Å². The standard InChI is InChI=1S/C14H16F3NO/c15-14(16,17)11-2-1-3-12(8-11)19-13-9-18-6-4-10(13)5-7-18/h1-3,8,10,13H,4-7,9H2/t13-/m0/s1. The number of hydrogen-bond acceptors (Lipinski definition) is 2. The van der Waals surface area contributed by atoms with Crippen LogP contribution in [-0.2, 0) is 6.18 Å². The second-order valence-electron chi connectivity index (χ2n) is 5.32. The normalized spacial score (nSPS) is 30.4. The van der Waals surface area contributed by atoms with Crippen LogP contribution in [0.3, 0.4) is 0 Å². The molecule has 0 aliphatic carbocycles. The zero-order chi connectivity index (χ0) is 13.5. The topological polar surface area (TPSA) is 12.5 Å². The van der Waals surface area contributed by atoms with Gasteiger partial charge in [0.25, 0.3) is 0 Å². The van der Waals surface area contributed by atoms with Crippen LogP contribution < -0.4 is 4.74 Å². The lowest BCUT2D eigenvalue weighted by Gasteiger charge is -2.44. The van der Waals surface area contributed by atoms with Crippen LogP contribution in [0.5, 0.6) is 5.75 Å². The van der Waals surface area contributed by atoms with E-state index in [0.29, 0.717) is 11.7 Å². The third-order valence-electron chi connectivity index (χ3n) is 4.04. The average Bonchev–Trinajstić information content (AvgIpc) is 2.39. The first-order valence-corrected chi connectivity index (χ1v) is 6.58. The molecule has 1 atom stereocenters. The molecule has 1 aromatic carbocycles. The molecule has 0 unspecified atom stereocenters. The third kappa shape index (κ3) is 2.71. The number of rotatable bonds is 2. The number of piperidine rings is 3. The number of benzene rings is 1. The van der Waals surface area contributed by atoms with E-state index in [2.05, 4.69) is 4.90 Å². The van der Waals surface area contributed by atoms with Crippen LogP contribution >= 0.6 is 0 Å². The van der Waals surface area contributed by atoms with Crippen molar-refractivity contribution in [1.29, 1.82) is 0 Å². The Kier molecular flexibility index (Phi) is 3.17. The van der Waals surface area contributed by atoms with Gasteiger partial charge in [0, 0.05) is 6.54 Å². The maximum atomic E-state index is 12.6. The SMILES string of the molecule is FC(F)(F)c1cccc(O[C@H]2CN3CCC2CC3)c1. The summed E-state index contributed by atoms with van der Waals surface area (Å²) in [5.74, 6) is 0.813. The molecule has 3 aliphatic rings. The van der Waals surface area contributed by atoms with E-state index >= 15 is 0 Å². The highest BCUT2D eigenvalue weighted by atomic mass is 19.4. The molecule has 0 aromatic heterocycles. The lowest BCUT2D eigenvalue weighted by atomic mass is 9.86. The van der Waals surface area contributed by atoms with Crippen molar-refractivity contribution in [3.8, 4) is 5.75 Å². The molecule has 0 spiro atoms. The van der Waals surface area contributed by atoms with E-state index in [1.165, 1.54) is 6.07 Å². The minimum atomic E-state index is -4.31. The van der Waals surface area contributed by atoms with Gasteiger partial charge in [0.1, 0.15) is 11.9 Å². The second-order valence-corrected chi connectivity index (χ2v) is 5.32. The third-order valence-corrected chi connectivity index (χ3v) is 4.04. The van der Waals surface area contributed by atoms with Crippen molar-refractivity contribution in [1.82, 2.24) is 4.90 Å². The molecule has 0 saturated carbocycles. The summed E-state index contributed by atoms with van der Waals surface area (Å²) in [6.07, 6.45) is -2.10. The Hall–Kier alpha value is -1.23. The highest BCUT2D eigenvalue weighted by Gasteiger charge is 2.36. The number of alkyl halides is 3. The lowest BCUT2D eigenvalue weighted by molar-refractivity contribution is -0.137. The Morgan fingerprint density at radius 3 is 2.47 bits per heavy atom. The van der Waals surface area contributed by atoms with Crippen LogP contribution in [0.1, 0.15) is 18.4 Å². The molecular formula is C14H16F3NO. The van der Waals surface area contributed by atoms with Gasteiger partial charge in [-0.05, 0) is 50.0 Å².